The molecule has 1 aliphatic rings. The number of hydrogen-bond donors (Lipinski definition) is 0. The minimum atomic E-state index is -1.35. The average molecular weight is 300 g/mol. The topological polar surface area (TPSA) is 20.3 Å². The Hall–Kier alpha value is -0.533. The standard InChI is InChI=1S/C12H18BrNOSi/c1-10(13)9-14-11(5-6-12(14)15)7-8-16(2,3)4/h11H,1,5-6,9H2,2-4H3. The number of amides is 1. The van der Waals surface area contributed by atoms with Crippen LogP contribution in [0.15, 0.2) is 11.1 Å². The molecule has 1 aliphatic heterocycles. The molecule has 1 fully saturated rings. The summed E-state index contributed by atoms with van der Waals surface area (Å²) >= 11 is 3.30. The molecule has 0 aromatic heterocycles. The Morgan fingerprint density at radius 2 is 2.25 bits per heavy atom. The molecule has 0 aromatic rings. The quantitative estimate of drug-likeness (QED) is 0.567. The van der Waals surface area contributed by atoms with Crippen molar-refractivity contribution >= 4 is 29.9 Å². The van der Waals surface area contributed by atoms with Gasteiger partial charge in [-0.25, -0.2) is 0 Å². The number of nitrogens with zero attached hydrogens (tertiary/aromatic N) is 1. The van der Waals surface area contributed by atoms with Gasteiger partial charge < -0.3 is 4.90 Å². The van der Waals surface area contributed by atoms with Crippen molar-refractivity contribution < 1.29 is 4.79 Å². The highest BCUT2D eigenvalue weighted by molar-refractivity contribution is 9.11. The fourth-order valence-corrected chi connectivity index (χ4v) is 2.44. The van der Waals surface area contributed by atoms with Crippen molar-refractivity contribution in [1.29, 1.82) is 0 Å². The van der Waals surface area contributed by atoms with E-state index >= 15 is 0 Å². The summed E-state index contributed by atoms with van der Waals surface area (Å²) in [6.45, 7) is 11.0. The zero-order valence-corrected chi connectivity index (χ0v) is 12.7. The monoisotopic (exact) mass is 299 g/mol. The molecular weight excluding hydrogens is 282 g/mol. The molecule has 1 amide bonds. The Balaban J connectivity index is 2.75. The molecule has 1 saturated heterocycles. The molecule has 1 atom stereocenters. The third-order valence-corrected chi connectivity index (χ3v) is 3.43. The van der Waals surface area contributed by atoms with Gasteiger partial charge in [0, 0.05) is 10.9 Å². The highest BCUT2D eigenvalue weighted by atomic mass is 79.9. The SMILES string of the molecule is C=C(Br)CN1C(=O)CCC1C#C[Si](C)(C)C. The molecule has 0 aliphatic carbocycles. The predicted molar refractivity (Wildman–Crippen MR) is 73.9 cm³/mol. The van der Waals surface area contributed by atoms with Crippen LogP contribution in [0.4, 0.5) is 0 Å². The van der Waals surface area contributed by atoms with E-state index in [2.05, 4.69) is 53.6 Å². The van der Waals surface area contributed by atoms with E-state index in [1.807, 2.05) is 4.90 Å². The van der Waals surface area contributed by atoms with Gasteiger partial charge in [0.15, 0.2) is 0 Å². The molecule has 0 aromatic carbocycles. The van der Waals surface area contributed by atoms with Crippen LogP contribution in [0.2, 0.25) is 19.6 Å². The number of carbonyl (C=O) groups excluding carboxylic acids is 1. The zero-order valence-electron chi connectivity index (χ0n) is 10.1. The van der Waals surface area contributed by atoms with Crippen molar-refractivity contribution in [2.45, 2.75) is 38.5 Å². The molecule has 0 spiro atoms. The van der Waals surface area contributed by atoms with Crippen molar-refractivity contribution in [1.82, 2.24) is 4.90 Å². The van der Waals surface area contributed by atoms with Gasteiger partial charge in [-0.3, -0.25) is 4.79 Å². The van der Waals surface area contributed by atoms with Crippen LogP contribution in [0.3, 0.4) is 0 Å². The van der Waals surface area contributed by atoms with E-state index in [1.54, 1.807) is 0 Å². The van der Waals surface area contributed by atoms with Gasteiger partial charge in [-0.1, -0.05) is 48.1 Å². The van der Waals surface area contributed by atoms with Crippen LogP contribution in [0.5, 0.6) is 0 Å². The van der Waals surface area contributed by atoms with Crippen LogP contribution in [0, 0.1) is 11.5 Å². The molecule has 1 unspecified atom stereocenters. The molecule has 4 heteroatoms. The summed E-state index contributed by atoms with van der Waals surface area (Å²) in [6.07, 6.45) is 1.47. The van der Waals surface area contributed by atoms with Gasteiger partial charge in [-0.15, -0.1) is 5.54 Å². The Bertz CT molecular complexity index is 361. The lowest BCUT2D eigenvalue weighted by Gasteiger charge is -2.20. The fraction of sp³-hybridized carbons (Fsp3) is 0.583. The number of rotatable bonds is 2. The second kappa shape index (κ2) is 5.20. The van der Waals surface area contributed by atoms with Crippen molar-refractivity contribution in [3.8, 4) is 11.5 Å². The van der Waals surface area contributed by atoms with Crippen molar-refractivity contribution in [3.63, 3.8) is 0 Å². The summed E-state index contributed by atoms with van der Waals surface area (Å²) in [6, 6.07) is 0.0912. The minimum absolute atomic E-state index is 0.0912. The first-order chi connectivity index (χ1) is 7.29. The normalized spacial score (nSPS) is 20.6. The summed E-state index contributed by atoms with van der Waals surface area (Å²) in [4.78, 5) is 13.5. The number of halogens is 1. The van der Waals surface area contributed by atoms with Crippen molar-refractivity contribution in [2.24, 2.45) is 0 Å². The highest BCUT2D eigenvalue weighted by Gasteiger charge is 2.29. The first-order valence-electron chi connectivity index (χ1n) is 5.45. The van der Waals surface area contributed by atoms with E-state index in [0.29, 0.717) is 13.0 Å². The Morgan fingerprint density at radius 1 is 1.62 bits per heavy atom. The molecule has 88 valence electrons. The van der Waals surface area contributed by atoms with Crippen molar-refractivity contribution in [3.05, 3.63) is 11.1 Å². The second-order valence-electron chi connectivity index (χ2n) is 5.11. The van der Waals surface area contributed by atoms with Gasteiger partial charge in [-0.2, -0.15) is 0 Å². The molecule has 16 heavy (non-hydrogen) atoms. The van der Waals surface area contributed by atoms with Crippen LogP contribution in [0.1, 0.15) is 12.8 Å². The summed E-state index contributed by atoms with van der Waals surface area (Å²) < 4.78 is 0.836. The number of hydrogen-bond acceptors (Lipinski definition) is 1. The lowest BCUT2D eigenvalue weighted by Crippen LogP contribution is -2.33. The second-order valence-corrected chi connectivity index (χ2v) is 11.0. The van der Waals surface area contributed by atoms with Gasteiger partial charge in [0.25, 0.3) is 0 Å². The lowest BCUT2D eigenvalue weighted by atomic mass is 10.2. The van der Waals surface area contributed by atoms with Gasteiger partial charge in [0.2, 0.25) is 5.91 Å². The minimum Gasteiger partial charge on any atom is -0.324 e. The van der Waals surface area contributed by atoms with Crippen molar-refractivity contribution in [2.75, 3.05) is 6.54 Å². The molecule has 2 nitrogen and oxygen atoms in total. The summed E-state index contributed by atoms with van der Waals surface area (Å²) in [7, 11) is -1.35. The largest absolute Gasteiger partial charge is 0.324 e. The van der Waals surface area contributed by atoms with E-state index in [4.69, 9.17) is 0 Å². The molecule has 1 rings (SSSR count). The van der Waals surface area contributed by atoms with Crippen LogP contribution < -0.4 is 0 Å². The van der Waals surface area contributed by atoms with E-state index in [1.165, 1.54) is 0 Å². The first kappa shape index (κ1) is 13.5. The Labute approximate surface area is 107 Å². The van der Waals surface area contributed by atoms with Crippen LogP contribution >= 0.6 is 15.9 Å². The van der Waals surface area contributed by atoms with Gasteiger partial charge >= 0.3 is 0 Å². The predicted octanol–water partition coefficient (Wildman–Crippen LogP) is 2.77. The van der Waals surface area contributed by atoms with E-state index < -0.39 is 8.07 Å². The van der Waals surface area contributed by atoms with E-state index in [9.17, 15) is 4.79 Å². The molecular formula is C12H18BrNOSi. The van der Waals surface area contributed by atoms with Crippen LogP contribution in [0.25, 0.3) is 0 Å². The molecule has 0 saturated carbocycles. The van der Waals surface area contributed by atoms with E-state index in [0.717, 1.165) is 10.9 Å². The fourth-order valence-electron chi connectivity index (χ4n) is 1.57. The van der Waals surface area contributed by atoms with Crippen LogP contribution in [-0.2, 0) is 4.79 Å². The van der Waals surface area contributed by atoms with Gasteiger partial charge in [0.05, 0.1) is 12.6 Å². The highest BCUT2D eigenvalue weighted by Crippen LogP contribution is 2.20. The average Bonchev–Trinajstić information content (AvgIpc) is 2.43. The molecule has 0 N–H and O–H groups in total. The summed E-state index contributed by atoms with van der Waals surface area (Å²) in [5.41, 5.74) is 3.34. The lowest BCUT2D eigenvalue weighted by molar-refractivity contribution is -0.127. The summed E-state index contributed by atoms with van der Waals surface area (Å²) in [5.74, 6) is 3.45. The maximum atomic E-state index is 11.7. The van der Waals surface area contributed by atoms with Gasteiger partial charge in [0.1, 0.15) is 8.07 Å². The Morgan fingerprint density at radius 3 is 2.75 bits per heavy atom. The van der Waals surface area contributed by atoms with Crippen LogP contribution in [-0.4, -0.2) is 31.5 Å². The van der Waals surface area contributed by atoms with Gasteiger partial charge in [-0.05, 0) is 6.42 Å². The maximum Gasteiger partial charge on any atom is 0.224 e. The van der Waals surface area contributed by atoms with E-state index in [-0.39, 0.29) is 11.9 Å². The first-order valence-corrected chi connectivity index (χ1v) is 9.74. The number of carbonyl (C=O) groups is 1. The smallest absolute Gasteiger partial charge is 0.224 e. The molecule has 0 radical (unpaired) electrons. The third kappa shape index (κ3) is 4.15. The zero-order chi connectivity index (χ0) is 12.3. The Kier molecular flexibility index (Phi) is 4.40. The molecule has 0 bridgehead atoms. The third-order valence-electron chi connectivity index (χ3n) is 2.28. The number of likely N-dealkylation sites (tertiary alicyclic amines) is 1. The molecule has 1 heterocycles. The summed E-state index contributed by atoms with van der Waals surface area (Å²) in [5, 5.41) is 0. The maximum absolute atomic E-state index is 11.7.